The molecular formula is C29H37FN6O2. The van der Waals surface area contributed by atoms with Crippen LogP contribution in [0.5, 0.6) is 5.88 Å². The van der Waals surface area contributed by atoms with Gasteiger partial charge >= 0.3 is 0 Å². The second-order valence-corrected chi connectivity index (χ2v) is 9.90. The summed E-state index contributed by atoms with van der Waals surface area (Å²) in [6.45, 7) is 5.88. The number of hydrogen-bond donors (Lipinski definition) is 2. The molecule has 1 aromatic heterocycles. The summed E-state index contributed by atoms with van der Waals surface area (Å²) >= 11 is 0. The fraction of sp³-hybridized carbons (Fsp3) is 0.448. The number of benzene rings is 2. The van der Waals surface area contributed by atoms with Crippen LogP contribution < -0.4 is 15.8 Å². The summed E-state index contributed by atoms with van der Waals surface area (Å²) in [4.78, 5) is 28.9. The number of halogens is 1. The molecule has 2 heterocycles. The highest BCUT2D eigenvalue weighted by atomic mass is 19.1. The van der Waals surface area contributed by atoms with Gasteiger partial charge in [-0.2, -0.15) is 0 Å². The van der Waals surface area contributed by atoms with Crippen molar-refractivity contribution < 1.29 is 13.9 Å². The van der Waals surface area contributed by atoms with E-state index in [9.17, 15) is 9.18 Å². The lowest BCUT2D eigenvalue weighted by atomic mass is 10.00. The van der Waals surface area contributed by atoms with Crippen LogP contribution in [0, 0.1) is 11.7 Å². The number of rotatable bonds is 11. The molecule has 1 unspecified atom stereocenters. The van der Waals surface area contributed by atoms with Crippen LogP contribution in [0.25, 0.3) is 22.3 Å². The highest BCUT2D eigenvalue weighted by Gasteiger charge is 2.20. The van der Waals surface area contributed by atoms with E-state index in [-0.39, 0.29) is 11.7 Å². The fourth-order valence-electron chi connectivity index (χ4n) is 4.59. The second kappa shape index (κ2) is 13.3. The lowest BCUT2D eigenvalue weighted by Gasteiger charge is -2.29. The monoisotopic (exact) mass is 520 g/mol. The largest absolute Gasteiger partial charge is 0.476 e. The van der Waals surface area contributed by atoms with Crippen LogP contribution in [0.15, 0.2) is 47.5 Å². The van der Waals surface area contributed by atoms with Gasteiger partial charge in [0.1, 0.15) is 11.5 Å². The molecule has 1 atom stereocenters. The SMILES string of the molecule is CCCN=C(N)CCCNC(=O)c1ccc2nc(OCC3CCCN(C)C3)c(-c3ccc(F)cc3)nc2c1. The molecule has 38 heavy (non-hydrogen) atoms. The van der Waals surface area contributed by atoms with Crippen molar-refractivity contribution in [3.63, 3.8) is 0 Å². The zero-order chi connectivity index (χ0) is 26.9. The Morgan fingerprint density at radius 2 is 2.03 bits per heavy atom. The van der Waals surface area contributed by atoms with Gasteiger partial charge in [0.2, 0.25) is 5.88 Å². The van der Waals surface area contributed by atoms with Crippen molar-refractivity contribution in [1.82, 2.24) is 20.2 Å². The number of fused-ring (bicyclic) bond motifs is 1. The average molecular weight is 521 g/mol. The molecule has 0 bridgehead atoms. The molecular weight excluding hydrogens is 483 g/mol. The zero-order valence-electron chi connectivity index (χ0n) is 22.3. The van der Waals surface area contributed by atoms with Crippen LogP contribution in [0.3, 0.4) is 0 Å². The molecule has 0 aliphatic carbocycles. The van der Waals surface area contributed by atoms with Gasteiger partial charge in [0, 0.05) is 43.1 Å². The Bertz CT molecular complexity index is 1260. The molecule has 0 radical (unpaired) electrons. The smallest absolute Gasteiger partial charge is 0.251 e. The van der Waals surface area contributed by atoms with Gasteiger partial charge in [-0.25, -0.2) is 14.4 Å². The van der Waals surface area contributed by atoms with Crippen molar-refractivity contribution in [2.24, 2.45) is 16.6 Å². The number of ether oxygens (including phenoxy) is 1. The molecule has 202 valence electrons. The Morgan fingerprint density at radius 1 is 1.21 bits per heavy atom. The second-order valence-electron chi connectivity index (χ2n) is 9.90. The zero-order valence-corrected chi connectivity index (χ0v) is 22.3. The summed E-state index contributed by atoms with van der Waals surface area (Å²) in [6.07, 6.45) is 4.56. The fourth-order valence-corrected chi connectivity index (χ4v) is 4.59. The highest BCUT2D eigenvalue weighted by molar-refractivity contribution is 5.97. The summed E-state index contributed by atoms with van der Waals surface area (Å²) in [7, 11) is 2.12. The number of amidine groups is 1. The number of aliphatic imine (C=N–C) groups is 1. The van der Waals surface area contributed by atoms with E-state index in [4.69, 9.17) is 20.4 Å². The Labute approximate surface area is 223 Å². The number of nitrogens with one attached hydrogen (secondary N) is 1. The number of piperidine rings is 1. The first-order valence-corrected chi connectivity index (χ1v) is 13.4. The van der Waals surface area contributed by atoms with Crippen LogP contribution in [0.1, 0.15) is 49.4 Å². The first-order valence-electron chi connectivity index (χ1n) is 13.4. The third-order valence-corrected chi connectivity index (χ3v) is 6.62. The maximum Gasteiger partial charge on any atom is 0.251 e. The van der Waals surface area contributed by atoms with Crippen molar-refractivity contribution >= 4 is 22.8 Å². The molecule has 0 saturated carbocycles. The number of aromatic nitrogens is 2. The van der Waals surface area contributed by atoms with Gasteiger partial charge in [0.05, 0.1) is 23.5 Å². The molecule has 1 saturated heterocycles. The normalized spacial score (nSPS) is 16.5. The number of likely N-dealkylation sites (tertiary alicyclic amines) is 1. The predicted molar refractivity (Wildman–Crippen MR) is 149 cm³/mol. The molecule has 4 rings (SSSR count). The summed E-state index contributed by atoms with van der Waals surface area (Å²) < 4.78 is 19.8. The van der Waals surface area contributed by atoms with E-state index in [0.29, 0.717) is 71.5 Å². The minimum absolute atomic E-state index is 0.192. The highest BCUT2D eigenvalue weighted by Crippen LogP contribution is 2.30. The average Bonchev–Trinajstić information content (AvgIpc) is 2.92. The molecule has 3 aromatic rings. The lowest BCUT2D eigenvalue weighted by molar-refractivity contribution is 0.0953. The van der Waals surface area contributed by atoms with E-state index in [1.54, 1.807) is 30.3 Å². The predicted octanol–water partition coefficient (Wildman–Crippen LogP) is 4.43. The number of carbonyl (C=O) groups is 1. The molecule has 1 amide bonds. The van der Waals surface area contributed by atoms with E-state index < -0.39 is 0 Å². The maximum atomic E-state index is 13.6. The van der Waals surface area contributed by atoms with Crippen LogP contribution in [0.2, 0.25) is 0 Å². The van der Waals surface area contributed by atoms with Crippen molar-refractivity contribution in [1.29, 1.82) is 0 Å². The van der Waals surface area contributed by atoms with Gasteiger partial charge in [0.25, 0.3) is 5.91 Å². The Balaban J connectivity index is 1.51. The molecule has 1 aliphatic heterocycles. The van der Waals surface area contributed by atoms with Crippen molar-refractivity contribution in [3.8, 4) is 17.1 Å². The van der Waals surface area contributed by atoms with E-state index in [1.807, 2.05) is 0 Å². The molecule has 8 nitrogen and oxygen atoms in total. The summed E-state index contributed by atoms with van der Waals surface area (Å²) in [6, 6.07) is 11.4. The van der Waals surface area contributed by atoms with Crippen molar-refractivity contribution in [3.05, 3.63) is 53.8 Å². The Hall–Kier alpha value is -3.59. The van der Waals surface area contributed by atoms with Crippen molar-refractivity contribution in [2.75, 3.05) is 39.8 Å². The third kappa shape index (κ3) is 7.47. The Kier molecular flexibility index (Phi) is 9.59. The first-order chi connectivity index (χ1) is 18.4. The van der Waals surface area contributed by atoms with Crippen LogP contribution in [0.4, 0.5) is 4.39 Å². The number of nitrogens with two attached hydrogens (primary N) is 1. The molecule has 9 heteroatoms. The van der Waals surface area contributed by atoms with Gasteiger partial charge in [-0.05, 0) is 81.7 Å². The van der Waals surface area contributed by atoms with Gasteiger partial charge in [-0.15, -0.1) is 0 Å². The van der Waals surface area contributed by atoms with Crippen molar-refractivity contribution in [2.45, 2.75) is 39.0 Å². The molecule has 2 aromatic carbocycles. The minimum Gasteiger partial charge on any atom is -0.476 e. The lowest BCUT2D eigenvalue weighted by Crippen LogP contribution is -2.34. The summed E-state index contributed by atoms with van der Waals surface area (Å²) in [5.74, 6) is 0.919. The standard InChI is InChI=1S/C29H37FN6O2/c1-3-14-32-26(31)7-4-15-33-28(37)22-10-13-24-25(17-22)34-27(21-8-11-23(30)12-9-21)29(35-24)38-19-20-6-5-16-36(2)18-20/h8-13,17,20H,3-7,14-16,18-19H2,1-2H3,(H2,31,32)(H,33,37). The van der Waals surface area contributed by atoms with Gasteiger partial charge in [-0.3, -0.25) is 9.79 Å². The van der Waals surface area contributed by atoms with E-state index in [1.165, 1.54) is 12.1 Å². The van der Waals surface area contributed by atoms with E-state index >= 15 is 0 Å². The summed E-state index contributed by atoms with van der Waals surface area (Å²) in [5.41, 5.74) is 8.81. The van der Waals surface area contributed by atoms with Crippen LogP contribution >= 0.6 is 0 Å². The third-order valence-electron chi connectivity index (χ3n) is 6.62. The number of hydrogen-bond acceptors (Lipinski definition) is 6. The van der Waals surface area contributed by atoms with Crippen LogP contribution in [-0.2, 0) is 0 Å². The number of carbonyl (C=O) groups excluding carboxylic acids is 1. The van der Waals surface area contributed by atoms with Gasteiger partial charge < -0.3 is 20.7 Å². The number of amides is 1. The minimum atomic E-state index is -0.326. The topological polar surface area (TPSA) is 106 Å². The Morgan fingerprint density at radius 3 is 2.79 bits per heavy atom. The summed E-state index contributed by atoms with van der Waals surface area (Å²) in [5, 5.41) is 2.93. The first kappa shape index (κ1) is 27.4. The van der Waals surface area contributed by atoms with Gasteiger partial charge in [0.15, 0.2) is 0 Å². The quantitative estimate of drug-likeness (QED) is 0.220. The molecule has 3 N–H and O–H groups in total. The maximum absolute atomic E-state index is 13.6. The molecule has 1 aliphatic rings. The van der Waals surface area contributed by atoms with Gasteiger partial charge in [-0.1, -0.05) is 6.92 Å². The van der Waals surface area contributed by atoms with E-state index in [0.717, 1.165) is 38.9 Å². The molecule has 1 fully saturated rings. The van der Waals surface area contributed by atoms with Crippen LogP contribution in [-0.4, -0.2) is 66.4 Å². The van der Waals surface area contributed by atoms with E-state index in [2.05, 4.69) is 29.2 Å². The number of nitrogens with zero attached hydrogens (tertiary/aromatic N) is 4. The molecule has 0 spiro atoms.